The van der Waals surface area contributed by atoms with Crippen LogP contribution < -0.4 is 0 Å². The fourth-order valence-corrected chi connectivity index (χ4v) is 2.89. The molecule has 1 amide bonds. The molecule has 2 rings (SSSR count). The molecule has 0 saturated carbocycles. The fraction of sp³-hybridized carbons (Fsp3) is 0.900. The van der Waals surface area contributed by atoms with Crippen LogP contribution in [0.5, 0.6) is 0 Å². The molecular weight excluding hydrogens is 198 g/mol. The fourth-order valence-electron chi connectivity index (χ4n) is 1.99. The Hall–Kier alpha value is -0.220. The largest absolute Gasteiger partial charge is 0.381 e. The predicted molar refractivity (Wildman–Crippen MR) is 57.4 cm³/mol. The van der Waals surface area contributed by atoms with Gasteiger partial charge in [-0.25, -0.2) is 0 Å². The van der Waals surface area contributed by atoms with Crippen molar-refractivity contribution in [2.75, 3.05) is 37.8 Å². The molecule has 2 aliphatic rings. The van der Waals surface area contributed by atoms with Gasteiger partial charge in [-0.3, -0.25) is 4.79 Å². The van der Waals surface area contributed by atoms with Crippen molar-refractivity contribution in [3.8, 4) is 0 Å². The maximum atomic E-state index is 12.0. The molecule has 0 radical (unpaired) electrons. The summed E-state index contributed by atoms with van der Waals surface area (Å²) in [6.07, 6.45) is 1.84. The Morgan fingerprint density at radius 1 is 1.21 bits per heavy atom. The third kappa shape index (κ3) is 2.42. The SMILES string of the molecule is O=C(C1CCOCC1)N1CCSCC1. The zero-order valence-electron chi connectivity index (χ0n) is 8.41. The van der Waals surface area contributed by atoms with Crippen molar-refractivity contribution in [3.05, 3.63) is 0 Å². The van der Waals surface area contributed by atoms with E-state index in [-0.39, 0.29) is 5.92 Å². The van der Waals surface area contributed by atoms with Gasteiger partial charge in [-0.05, 0) is 12.8 Å². The van der Waals surface area contributed by atoms with Gasteiger partial charge in [-0.2, -0.15) is 11.8 Å². The van der Waals surface area contributed by atoms with E-state index in [1.165, 1.54) is 0 Å². The van der Waals surface area contributed by atoms with Crippen molar-refractivity contribution in [1.29, 1.82) is 0 Å². The summed E-state index contributed by atoms with van der Waals surface area (Å²) in [6, 6.07) is 0. The molecule has 14 heavy (non-hydrogen) atoms. The van der Waals surface area contributed by atoms with E-state index in [4.69, 9.17) is 4.74 Å². The molecule has 3 nitrogen and oxygen atoms in total. The maximum Gasteiger partial charge on any atom is 0.225 e. The van der Waals surface area contributed by atoms with Crippen molar-refractivity contribution in [1.82, 2.24) is 4.90 Å². The van der Waals surface area contributed by atoms with E-state index in [1.54, 1.807) is 0 Å². The Labute approximate surface area is 89.2 Å². The van der Waals surface area contributed by atoms with Crippen molar-refractivity contribution in [2.45, 2.75) is 12.8 Å². The molecule has 0 spiro atoms. The van der Waals surface area contributed by atoms with E-state index in [0.29, 0.717) is 5.91 Å². The van der Waals surface area contributed by atoms with Gasteiger partial charge in [-0.15, -0.1) is 0 Å². The molecular formula is C10H17NO2S. The second kappa shape index (κ2) is 5.03. The first-order valence-electron chi connectivity index (χ1n) is 5.32. The average molecular weight is 215 g/mol. The molecule has 2 heterocycles. The lowest BCUT2D eigenvalue weighted by molar-refractivity contribution is -0.138. The van der Waals surface area contributed by atoms with Gasteiger partial charge in [0.25, 0.3) is 0 Å². The zero-order valence-corrected chi connectivity index (χ0v) is 9.22. The number of hydrogen-bond donors (Lipinski definition) is 0. The highest BCUT2D eigenvalue weighted by Crippen LogP contribution is 2.19. The molecule has 2 saturated heterocycles. The Balaban J connectivity index is 1.85. The third-order valence-electron chi connectivity index (χ3n) is 2.89. The first-order chi connectivity index (χ1) is 6.88. The summed E-state index contributed by atoms with van der Waals surface area (Å²) >= 11 is 1.94. The summed E-state index contributed by atoms with van der Waals surface area (Å²) in [5.74, 6) is 2.82. The second-order valence-corrected chi connectivity index (χ2v) is 5.05. The van der Waals surface area contributed by atoms with Crippen LogP contribution in [0.2, 0.25) is 0 Å². The molecule has 4 heteroatoms. The van der Waals surface area contributed by atoms with Crippen LogP contribution in [0.4, 0.5) is 0 Å². The molecule has 2 fully saturated rings. The Kier molecular flexibility index (Phi) is 3.70. The lowest BCUT2D eigenvalue weighted by Crippen LogP contribution is -2.42. The normalized spacial score (nSPS) is 25.0. The van der Waals surface area contributed by atoms with Crippen molar-refractivity contribution in [2.24, 2.45) is 5.92 Å². The van der Waals surface area contributed by atoms with Gasteiger partial charge in [0.05, 0.1) is 0 Å². The first-order valence-corrected chi connectivity index (χ1v) is 6.47. The number of carbonyl (C=O) groups is 1. The van der Waals surface area contributed by atoms with Crippen LogP contribution in [0.1, 0.15) is 12.8 Å². The Morgan fingerprint density at radius 3 is 2.50 bits per heavy atom. The van der Waals surface area contributed by atoms with Gasteiger partial charge in [0.1, 0.15) is 0 Å². The van der Waals surface area contributed by atoms with Crippen molar-refractivity contribution < 1.29 is 9.53 Å². The minimum Gasteiger partial charge on any atom is -0.381 e. The number of hydrogen-bond acceptors (Lipinski definition) is 3. The van der Waals surface area contributed by atoms with Crippen LogP contribution in [0.15, 0.2) is 0 Å². The van der Waals surface area contributed by atoms with Crippen LogP contribution >= 0.6 is 11.8 Å². The summed E-state index contributed by atoms with van der Waals surface area (Å²) < 4.78 is 5.26. The van der Waals surface area contributed by atoms with E-state index in [9.17, 15) is 4.79 Å². The number of nitrogens with zero attached hydrogens (tertiary/aromatic N) is 1. The van der Waals surface area contributed by atoms with Gasteiger partial charge in [0, 0.05) is 43.7 Å². The number of thioether (sulfide) groups is 1. The van der Waals surface area contributed by atoms with E-state index >= 15 is 0 Å². The van der Waals surface area contributed by atoms with Crippen LogP contribution in [-0.2, 0) is 9.53 Å². The topological polar surface area (TPSA) is 29.5 Å². The van der Waals surface area contributed by atoms with E-state index in [0.717, 1.165) is 50.7 Å². The third-order valence-corrected chi connectivity index (χ3v) is 3.84. The number of amides is 1. The molecule has 0 aromatic rings. The van der Waals surface area contributed by atoms with Crippen molar-refractivity contribution >= 4 is 17.7 Å². The van der Waals surface area contributed by atoms with Crippen LogP contribution in [0.3, 0.4) is 0 Å². The molecule has 0 atom stereocenters. The van der Waals surface area contributed by atoms with Gasteiger partial charge in [0.15, 0.2) is 0 Å². The van der Waals surface area contributed by atoms with Gasteiger partial charge >= 0.3 is 0 Å². The van der Waals surface area contributed by atoms with Gasteiger partial charge in [0.2, 0.25) is 5.91 Å². The predicted octanol–water partition coefficient (Wildman–Crippen LogP) is 0.988. The Morgan fingerprint density at radius 2 is 1.86 bits per heavy atom. The lowest BCUT2D eigenvalue weighted by atomic mass is 9.98. The van der Waals surface area contributed by atoms with Crippen LogP contribution in [0.25, 0.3) is 0 Å². The van der Waals surface area contributed by atoms with Gasteiger partial charge in [-0.1, -0.05) is 0 Å². The molecule has 80 valence electrons. The molecule has 0 N–H and O–H groups in total. The zero-order chi connectivity index (χ0) is 9.80. The van der Waals surface area contributed by atoms with Crippen LogP contribution in [0, 0.1) is 5.92 Å². The average Bonchev–Trinajstić information content (AvgIpc) is 2.30. The molecule has 0 unspecified atom stereocenters. The smallest absolute Gasteiger partial charge is 0.225 e. The summed E-state index contributed by atoms with van der Waals surface area (Å²) in [5.41, 5.74) is 0. The quantitative estimate of drug-likeness (QED) is 0.653. The minimum absolute atomic E-state index is 0.242. The molecule has 2 aliphatic heterocycles. The molecule has 0 bridgehead atoms. The van der Waals surface area contributed by atoms with Crippen LogP contribution in [-0.4, -0.2) is 48.6 Å². The Bertz CT molecular complexity index is 178. The standard InChI is InChI=1S/C10H17NO2S/c12-10(9-1-5-13-6-2-9)11-3-7-14-8-4-11/h9H,1-8H2. The highest BCUT2D eigenvalue weighted by atomic mass is 32.2. The van der Waals surface area contributed by atoms with E-state index in [2.05, 4.69) is 0 Å². The number of carbonyl (C=O) groups excluding carboxylic acids is 1. The summed E-state index contributed by atoms with van der Waals surface area (Å²) in [6.45, 7) is 3.42. The van der Waals surface area contributed by atoms with Gasteiger partial charge < -0.3 is 9.64 Å². The molecule has 0 aromatic carbocycles. The highest BCUT2D eigenvalue weighted by molar-refractivity contribution is 7.99. The summed E-state index contributed by atoms with van der Waals surface area (Å²) in [7, 11) is 0. The van der Waals surface area contributed by atoms with E-state index < -0.39 is 0 Å². The summed E-state index contributed by atoms with van der Waals surface area (Å²) in [4.78, 5) is 14.0. The van der Waals surface area contributed by atoms with Crippen molar-refractivity contribution in [3.63, 3.8) is 0 Å². The van der Waals surface area contributed by atoms with E-state index in [1.807, 2.05) is 16.7 Å². The summed E-state index contributed by atoms with van der Waals surface area (Å²) in [5, 5.41) is 0. The molecule has 0 aromatic heterocycles. The lowest BCUT2D eigenvalue weighted by Gasteiger charge is -2.31. The first kappa shape index (κ1) is 10.3. The number of rotatable bonds is 1. The maximum absolute atomic E-state index is 12.0. The monoisotopic (exact) mass is 215 g/mol. The molecule has 0 aliphatic carbocycles. The number of ether oxygens (including phenoxy) is 1. The second-order valence-electron chi connectivity index (χ2n) is 3.82. The minimum atomic E-state index is 0.242. The highest BCUT2D eigenvalue weighted by Gasteiger charge is 2.26.